The van der Waals surface area contributed by atoms with E-state index in [2.05, 4.69) is 20.9 Å². The van der Waals surface area contributed by atoms with Crippen LogP contribution in [0.15, 0.2) is 85.2 Å². The van der Waals surface area contributed by atoms with E-state index >= 15 is 0 Å². The number of benzene rings is 2. The lowest BCUT2D eigenvalue weighted by atomic mass is 10.1. The second-order valence-electron chi connectivity index (χ2n) is 6.36. The Morgan fingerprint density at radius 2 is 1.47 bits per heavy atom. The summed E-state index contributed by atoms with van der Waals surface area (Å²) in [6, 6.07) is 22.1. The molecule has 7 nitrogen and oxygen atoms in total. The molecule has 148 valence electrons. The number of pyridine rings is 1. The van der Waals surface area contributed by atoms with Gasteiger partial charge in [-0.1, -0.05) is 60.7 Å². The van der Waals surface area contributed by atoms with Gasteiger partial charge < -0.3 is 4.98 Å². The van der Waals surface area contributed by atoms with Crippen LogP contribution >= 0.6 is 12.2 Å². The van der Waals surface area contributed by atoms with Crippen molar-refractivity contribution in [2.75, 3.05) is 0 Å². The number of nitrogens with zero attached hydrogens (tertiary/aromatic N) is 2. The minimum atomic E-state index is -0.512. The summed E-state index contributed by atoms with van der Waals surface area (Å²) in [5.41, 5.74) is 7.54. The highest BCUT2D eigenvalue weighted by molar-refractivity contribution is 7.71. The summed E-state index contributed by atoms with van der Waals surface area (Å²) in [6.45, 7) is 0. The molecule has 2 heterocycles. The zero-order valence-electron chi connectivity index (χ0n) is 15.7. The first-order chi connectivity index (χ1) is 14.6. The molecule has 8 heteroatoms. The lowest BCUT2D eigenvalue weighted by molar-refractivity contribution is 0.0846. The van der Waals surface area contributed by atoms with Gasteiger partial charge in [0.05, 0.1) is 16.8 Å². The number of hydrogen-bond donors (Lipinski definition) is 3. The fourth-order valence-corrected chi connectivity index (χ4v) is 3.14. The van der Waals surface area contributed by atoms with E-state index in [-0.39, 0.29) is 10.2 Å². The Bertz CT molecular complexity index is 1250. The Balaban J connectivity index is 1.63. The third kappa shape index (κ3) is 4.03. The average Bonchev–Trinajstić information content (AvgIpc) is 3.24. The minimum Gasteiger partial charge on any atom is -0.352 e. The van der Waals surface area contributed by atoms with Gasteiger partial charge in [0.15, 0.2) is 0 Å². The molecular weight excluding hydrogens is 398 g/mol. The van der Waals surface area contributed by atoms with Crippen LogP contribution < -0.4 is 10.9 Å². The lowest BCUT2D eigenvalue weighted by Crippen LogP contribution is -2.41. The number of carbonyl (C=O) groups excluding carboxylic acids is 2. The van der Waals surface area contributed by atoms with Gasteiger partial charge in [0.1, 0.15) is 10.3 Å². The molecule has 0 saturated heterocycles. The van der Waals surface area contributed by atoms with Crippen LogP contribution in [0.1, 0.15) is 20.7 Å². The second-order valence-corrected chi connectivity index (χ2v) is 6.77. The number of aromatic amines is 1. The molecule has 2 aromatic heterocycles. The van der Waals surface area contributed by atoms with Crippen molar-refractivity contribution in [3.05, 3.63) is 101 Å². The number of carbonyl (C=O) groups is 2. The summed E-state index contributed by atoms with van der Waals surface area (Å²) in [6.07, 6.45) is 3.26. The van der Waals surface area contributed by atoms with Crippen molar-refractivity contribution in [1.82, 2.24) is 25.6 Å². The van der Waals surface area contributed by atoms with Gasteiger partial charge in [-0.05, 0) is 24.3 Å². The van der Waals surface area contributed by atoms with E-state index in [0.717, 1.165) is 11.3 Å². The monoisotopic (exact) mass is 415 g/mol. The third-order valence-electron chi connectivity index (χ3n) is 4.38. The number of hydrazine groups is 1. The number of hydrogen-bond acceptors (Lipinski definition) is 4. The van der Waals surface area contributed by atoms with Crippen molar-refractivity contribution in [3.63, 3.8) is 0 Å². The summed E-state index contributed by atoms with van der Waals surface area (Å²) in [4.78, 5) is 28.0. The van der Waals surface area contributed by atoms with E-state index in [4.69, 9.17) is 12.2 Å². The van der Waals surface area contributed by atoms with Crippen LogP contribution in [-0.2, 0) is 0 Å². The van der Waals surface area contributed by atoms with E-state index < -0.39 is 11.8 Å². The van der Waals surface area contributed by atoms with Crippen LogP contribution in [0.5, 0.6) is 0 Å². The highest BCUT2D eigenvalue weighted by Gasteiger charge is 2.19. The largest absolute Gasteiger partial charge is 0.352 e. The Kier molecular flexibility index (Phi) is 5.49. The third-order valence-corrected chi connectivity index (χ3v) is 4.72. The molecule has 0 aliphatic heterocycles. The first kappa shape index (κ1) is 19.3. The first-order valence-corrected chi connectivity index (χ1v) is 9.53. The molecular formula is C22H17N5O2S. The van der Waals surface area contributed by atoms with Crippen molar-refractivity contribution in [2.24, 2.45) is 0 Å². The molecule has 2 amide bonds. The van der Waals surface area contributed by atoms with E-state index in [0.29, 0.717) is 11.3 Å². The summed E-state index contributed by atoms with van der Waals surface area (Å²) >= 11 is 5.10. The Morgan fingerprint density at radius 1 is 0.833 bits per heavy atom. The molecule has 2 aromatic carbocycles. The fraction of sp³-hybridized carbons (Fsp3) is 0. The molecule has 0 spiro atoms. The predicted octanol–water partition coefficient (Wildman–Crippen LogP) is 3.67. The molecule has 0 atom stereocenters. The SMILES string of the molecule is O=C(NNC(=O)c1ccc[nH]c1=S)c1cn(-c2ccccc2)nc1-c1ccccc1. The molecule has 0 saturated carbocycles. The van der Waals surface area contributed by atoms with Crippen molar-refractivity contribution >= 4 is 24.0 Å². The number of aromatic nitrogens is 3. The molecule has 4 aromatic rings. The van der Waals surface area contributed by atoms with Gasteiger partial charge in [0.25, 0.3) is 11.8 Å². The fourth-order valence-electron chi connectivity index (χ4n) is 2.91. The molecule has 0 bridgehead atoms. The van der Waals surface area contributed by atoms with Gasteiger partial charge in [-0.3, -0.25) is 20.4 Å². The highest BCUT2D eigenvalue weighted by Crippen LogP contribution is 2.23. The van der Waals surface area contributed by atoms with E-state index in [1.54, 1.807) is 29.2 Å². The van der Waals surface area contributed by atoms with Gasteiger partial charge in [-0.15, -0.1) is 0 Å². The van der Waals surface area contributed by atoms with Crippen LogP contribution in [0.25, 0.3) is 16.9 Å². The van der Waals surface area contributed by atoms with E-state index in [1.165, 1.54) is 0 Å². The number of H-pyrrole nitrogens is 1. The van der Waals surface area contributed by atoms with Crippen LogP contribution in [0.2, 0.25) is 0 Å². The minimum absolute atomic E-state index is 0.260. The van der Waals surface area contributed by atoms with E-state index in [1.807, 2.05) is 60.7 Å². The first-order valence-electron chi connectivity index (χ1n) is 9.12. The Hall–Kier alpha value is -4.04. The van der Waals surface area contributed by atoms with Crippen molar-refractivity contribution in [3.8, 4) is 16.9 Å². The molecule has 30 heavy (non-hydrogen) atoms. The van der Waals surface area contributed by atoms with Gasteiger partial charge in [0.2, 0.25) is 0 Å². The van der Waals surface area contributed by atoms with Crippen LogP contribution in [0, 0.1) is 4.64 Å². The van der Waals surface area contributed by atoms with Crippen molar-refractivity contribution < 1.29 is 9.59 Å². The predicted molar refractivity (Wildman–Crippen MR) is 116 cm³/mol. The normalized spacial score (nSPS) is 10.4. The Morgan fingerprint density at radius 3 is 2.13 bits per heavy atom. The van der Waals surface area contributed by atoms with Crippen LogP contribution in [-0.4, -0.2) is 26.6 Å². The van der Waals surface area contributed by atoms with Gasteiger partial charge in [-0.2, -0.15) is 5.10 Å². The van der Waals surface area contributed by atoms with Crippen LogP contribution in [0.4, 0.5) is 0 Å². The molecule has 3 N–H and O–H groups in total. The standard InChI is InChI=1S/C22H17N5O2S/c28-20(17-12-7-13-23-22(17)30)24-25-21(29)18-14-27(16-10-5-2-6-11-16)26-19(18)15-8-3-1-4-9-15/h1-14H,(H,23,30)(H,24,28)(H,25,29). The average molecular weight is 415 g/mol. The van der Waals surface area contributed by atoms with Crippen molar-refractivity contribution in [1.29, 1.82) is 0 Å². The number of para-hydroxylation sites is 1. The lowest BCUT2D eigenvalue weighted by Gasteiger charge is -2.07. The molecule has 0 radical (unpaired) electrons. The van der Waals surface area contributed by atoms with E-state index in [9.17, 15) is 9.59 Å². The smallest absolute Gasteiger partial charge is 0.273 e. The molecule has 0 aliphatic carbocycles. The zero-order chi connectivity index (χ0) is 20.9. The molecule has 0 unspecified atom stereocenters. The zero-order valence-corrected chi connectivity index (χ0v) is 16.5. The summed E-state index contributed by atoms with van der Waals surface area (Å²) in [5.74, 6) is -1.00. The highest BCUT2D eigenvalue weighted by atomic mass is 32.1. The molecule has 0 fully saturated rings. The summed E-state index contributed by atoms with van der Waals surface area (Å²) in [7, 11) is 0. The number of rotatable bonds is 4. The topological polar surface area (TPSA) is 91.8 Å². The van der Waals surface area contributed by atoms with Gasteiger partial charge in [0, 0.05) is 18.0 Å². The number of nitrogens with one attached hydrogen (secondary N) is 3. The van der Waals surface area contributed by atoms with Crippen LogP contribution in [0.3, 0.4) is 0 Å². The summed E-state index contributed by atoms with van der Waals surface area (Å²) in [5, 5.41) is 4.59. The summed E-state index contributed by atoms with van der Waals surface area (Å²) < 4.78 is 1.91. The molecule has 4 rings (SSSR count). The van der Waals surface area contributed by atoms with Gasteiger partial charge in [-0.25, -0.2) is 4.68 Å². The number of amides is 2. The maximum absolute atomic E-state index is 12.9. The van der Waals surface area contributed by atoms with Crippen molar-refractivity contribution in [2.45, 2.75) is 0 Å². The molecule has 0 aliphatic rings. The maximum atomic E-state index is 12.9. The Labute approximate surface area is 177 Å². The quantitative estimate of drug-likeness (QED) is 0.350. The van der Waals surface area contributed by atoms with Gasteiger partial charge >= 0.3 is 0 Å². The second kappa shape index (κ2) is 8.54. The maximum Gasteiger partial charge on any atom is 0.273 e.